The molecule has 19 heavy (non-hydrogen) atoms. The minimum atomic E-state index is -4.29. The summed E-state index contributed by atoms with van der Waals surface area (Å²) in [6.07, 6.45) is 1.56. The zero-order valence-electron chi connectivity index (χ0n) is 9.32. The summed E-state index contributed by atoms with van der Waals surface area (Å²) in [7, 11) is 0. The molecule has 0 amide bonds. The first-order chi connectivity index (χ1) is 8.94. The first-order valence-corrected chi connectivity index (χ1v) is 6.69. The second-order valence-corrected chi connectivity index (χ2v) is 5.40. The lowest BCUT2D eigenvalue weighted by Gasteiger charge is -2.08. The molecular formula is C12H7BrF3NOS. The molecule has 1 aromatic carbocycles. The van der Waals surface area contributed by atoms with Crippen molar-refractivity contribution < 1.29 is 17.9 Å². The second-order valence-electron chi connectivity index (χ2n) is 3.41. The van der Waals surface area contributed by atoms with Crippen LogP contribution in [0.2, 0.25) is 0 Å². The maximum absolute atomic E-state index is 12.2. The third-order valence-corrected chi connectivity index (χ3v) is 3.34. The normalized spacial score (nSPS) is 11.4. The van der Waals surface area contributed by atoms with E-state index in [0.717, 1.165) is 0 Å². The van der Waals surface area contributed by atoms with E-state index in [1.807, 2.05) is 0 Å². The molecule has 0 saturated carbocycles. The molecule has 2 rings (SSSR count). The van der Waals surface area contributed by atoms with Crippen LogP contribution >= 0.6 is 27.7 Å². The Balaban J connectivity index is 2.09. The number of halogens is 4. The van der Waals surface area contributed by atoms with E-state index in [4.69, 9.17) is 4.74 Å². The van der Waals surface area contributed by atoms with E-state index >= 15 is 0 Å². The first-order valence-electron chi connectivity index (χ1n) is 5.08. The molecule has 0 bridgehead atoms. The van der Waals surface area contributed by atoms with Gasteiger partial charge in [0, 0.05) is 11.1 Å². The van der Waals surface area contributed by atoms with Crippen LogP contribution in [0.4, 0.5) is 13.2 Å². The van der Waals surface area contributed by atoms with Crippen molar-refractivity contribution in [3.8, 4) is 11.6 Å². The minimum absolute atomic E-state index is 0.111. The Bertz CT molecular complexity index is 560. The number of nitrogens with zero attached hydrogens (tertiary/aromatic N) is 1. The summed E-state index contributed by atoms with van der Waals surface area (Å²) in [5.41, 5.74) is -4.29. The number of ether oxygens (including phenoxy) is 1. The van der Waals surface area contributed by atoms with Crippen molar-refractivity contribution >= 4 is 27.7 Å². The molecule has 1 heterocycles. The zero-order valence-corrected chi connectivity index (χ0v) is 11.7. The molecule has 0 radical (unpaired) electrons. The highest BCUT2D eigenvalue weighted by Crippen LogP contribution is 2.37. The van der Waals surface area contributed by atoms with Gasteiger partial charge < -0.3 is 4.74 Å². The van der Waals surface area contributed by atoms with E-state index in [1.165, 1.54) is 24.3 Å². The van der Waals surface area contributed by atoms with E-state index < -0.39 is 5.51 Å². The van der Waals surface area contributed by atoms with Gasteiger partial charge >= 0.3 is 5.51 Å². The molecule has 0 aliphatic heterocycles. The number of alkyl halides is 3. The molecule has 100 valence electrons. The van der Waals surface area contributed by atoms with Gasteiger partial charge in [-0.2, -0.15) is 13.2 Å². The van der Waals surface area contributed by atoms with Gasteiger partial charge in [0.25, 0.3) is 0 Å². The highest BCUT2D eigenvalue weighted by atomic mass is 79.9. The number of benzene rings is 1. The second kappa shape index (κ2) is 5.83. The van der Waals surface area contributed by atoms with Crippen LogP contribution in [0.5, 0.6) is 11.6 Å². The monoisotopic (exact) mass is 349 g/mol. The van der Waals surface area contributed by atoms with Crippen LogP contribution in [-0.4, -0.2) is 10.5 Å². The standard InChI is InChI=1S/C12H7BrF3NOS/c13-10-2-1-7-17-11(10)18-8-3-5-9(6-4-8)19-12(14,15)16/h1-7H. The Morgan fingerprint density at radius 3 is 2.37 bits per heavy atom. The SMILES string of the molecule is FC(F)(F)Sc1ccc(Oc2ncccc2Br)cc1. The quantitative estimate of drug-likeness (QED) is 0.706. The van der Waals surface area contributed by atoms with Crippen LogP contribution < -0.4 is 4.74 Å². The van der Waals surface area contributed by atoms with Gasteiger partial charge in [-0.05, 0) is 64.1 Å². The topological polar surface area (TPSA) is 22.1 Å². The summed E-state index contributed by atoms with van der Waals surface area (Å²) in [5.74, 6) is 0.782. The predicted molar refractivity (Wildman–Crippen MR) is 70.4 cm³/mol. The van der Waals surface area contributed by atoms with Crippen molar-refractivity contribution in [3.05, 3.63) is 47.1 Å². The molecule has 0 unspecified atom stereocenters. The molecule has 0 saturated heterocycles. The Morgan fingerprint density at radius 1 is 1.11 bits per heavy atom. The summed E-state index contributed by atoms with van der Waals surface area (Å²) >= 11 is 3.11. The van der Waals surface area contributed by atoms with Gasteiger partial charge in [0.15, 0.2) is 0 Å². The van der Waals surface area contributed by atoms with Gasteiger partial charge in [-0.15, -0.1) is 0 Å². The van der Waals surface area contributed by atoms with Crippen molar-refractivity contribution in [3.63, 3.8) is 0 Å². The van der Waals surface area contributed by atoms with Gasteiger partial charge in [-0.1, -0.05) is 0 Å². The lowest BCUT2D eigenvalue weighted by atomic mass is 10.3. The third-order valence-electron chi connectivity index (χ3n) is 2.00. The van der Waals surface area contributed by atoms with E-state index in [-0.39, 0.29) is 16.7 Å². The Hall–Kier alpha value is -1.21. The van der Waals surface area contributed by atoms with Crippen molar-refractivity contribution in [2.75, 3.05) is 0 Å². The minimum Gasteiger partial charge on any atom is -0.438 e. The van der Waals surface area contributed by atoms with Gasteiger partial charge in [0.05, 0.1) is 4.47 Å². The molecular weight excluding hydrogens is 343 g/mol. The lowest BCUT2D eigenvalue weighted by Crippen LogP contribution is -1.98. The van der Waals surface area contributed by atoms with Crippen LogP contribution in [0.25, 0.3) is 0 Å². The summed E-state index contributed by atoms with van der Waals surface area (Å²) in [5, 5.41) is 0. The van der Waals surface area contributed by atoms with Gasteiger partial charge in [-0.25, -0.2) is 4.98 Å². The smallest absolute Gasteiger partial charge is 0.438 e. The van der Waals surface area contributed by atoms with Crippen LogP contribution in [0.3, 0.4) is 0 Å². The number of aromatic nitrogens is 1. The Labute approximate surface area is 120 Å². The van der Waals surface area contributed by atoms with Crippen molar-refractivity contribution in [1.82, 2.24) is 4.98 Å². The van der Waals surface area contributed by atoms with E-state index in [0.29, 0.717) is 16.1 Å². The lowest BCUT2D eigenvalue weighted by molar-refractivity contribution is -0.0328. The van der Waals surface area contributed by atoms with Gasteiger partial charge in [0.1, 0.15) is 5.75 Å². The molecule has 1 aromatic heterocycles. The van der Waals surface area contributed by atoms with E-state index in [9.17, 15) is 13.2 Å². The van der Waals surface area contributed by atoms with Crippen LogP contribution in [0.1, 0.15) is 0 Å². The summed E-state index contributed by atoms with van der Waals surface area (Å²) in [6, 6.07) is 9.13. The fourth-order valence-corrected chi connectivity index (χ4v) is 2.14. The molecule has 2 nitrogen and oxygen atoms in total. The number of pyridine rings is 1. The molecule has 0 spiro atoms. The van der Waals surface area contributed by atoms with E-state index in [2.05, 4.69) is 20.9 Å². The molecule has 0 fully saturated rings. The first kappa shape index (κ1) is 14.2. The molecule has 0 atom stereocenters. The van der Waals surface area contributed by atoms with Crippen molar-refractivity contribution in [2.24, 2.45) is 0 Å². The number of hydrogen-bond acceptors (Lipinski definition) is 3. The van der Waals surface area contributed by atoms with Gasteiger partial charge in [0.2, 0.25) is 5.88 Å². The molecule has 0 aliphatic carbocycles. The highest BCUT2D eigenvalue weighted by Gasteiger charge is 2.29. The van der Waals surface area contributed by atoms with E-state index in [1.54, 1.807) is 18.3 Å². The third kappa shape index (κ3) is 4.43. The molecule has 7 heteroatoms. The fourth-order valence-electron chi connectivity index (χ4n) is 1.27. The van der Waals surface area contributed by atoms with Crippen LogP contribution in [-0.2, 0) is 0 Å². The largest absolute Gasteiger partial charge is 0.446 e. The maximum Gasteiger partial charge on any atom is 0.446 e. The summed E-state index contributed by atoms with van der Waals surface area (Å²) in [6.45, 7) is 0. The summed E-state index contributed by atoms with van der Waals surface area (Å²) < 4.78 is 42.6. The van der Waals surface area contributed by atoms with Crippen LogP contribution in [0, 0.1) is 0 Å². The molecule has 2 aromatic rings. The maximum atomic E-state index is 12.2. The van der Waals surface area contributed by atoms with Gasteiger partial charge in [-0.3, -0.25) is 0 Å². The van der Waals surface area contributed by atoms with Crippen molar-refractivity contribution in [2.45, 2.75) is 10.4 Å². The summed E-state index contributed by atoms with van der Waals surface area (Å²) in [4.78, 5) is 4.11. The average molecular weight is 350 g/mol. The zero-order chi connectivity index (χ0) is 13.9. The van der Waals surface area contributed by atoms with Crippen molar-refractivity contribution in [1.29, 1.82) is 0 Å². The Morgan fingerprint density at radius 2 is 1.79 bits per heavy atom. The number of rotatable bonds is 3. The molecule has 0 N–H and O–H groups in total. The number of hydrogen-bond donors (Lipinski definition) is 0. The predicted octanol–water partition coefficient (Wildman–Crippen LogP) is 5.25. The fraction of sp³-hybridized carbons (Fsp3) is 0.0833. The van der Waals surface area contributed by atoms with Crippen LogP contribution in [0.15, 0.2) is 52.0 Å². The number of thioether (sulfide) groups is 1. The molecule has 0 aliphatic rings. The average Bonchev–Trinajstić information content (AvgIpc) is 2.33. The Kier molecular flexibility index (Phi) is 4.36. The highest BCUT2D eigenvalue weighted by molar-refractivity contribution is 9.10.